The van der Waals surface area contributed by atoms with Crippen LogP contribution in [0.25, 0.3) is 22.3 Å². The maximum atomic E-state index is 13.6. The summed E-state index contributed by atoms with van der Waals surface area (Å²) >= 11 is 0. The van der Waals surface area contributed by atoms with E-state index in [2.05, 4.69) is 0 Å². The Labute approximate surface area is 182 Å². The molecular weight excluding hydrogens is 408 g/mol. The van der Waals surface area contributed by atoms with Gasteiger partial charge in [-0.3, -0.25) is 19.2 Å². The lowest BCUT2D eigenvalue weighted by Crippen LogP contribution is -2.51. The van der Waals surface area contributed by atoms with Gasteiger partial charge in [0.2, 0.25) is 11.3 Å². The van der Waals surface area contributed by atoms with Gasteiger partial charge in [0, 0.05) is 12.5 Å². The van der Waals surface area contributed by atoms with Crippen molar-refractivity contribution in [3.63, 3.8) is 0 Å². The summed E-state index contributed by atoms with van der Waals surface area (Å²) in [5, 5.41) is 1.76. The van der Waals surface area contributed by atoms with E-state index >= 15 is 0 Å². The molecule has 32 heavy (non-hydrogen) atoms. The van der Waals surface area contributed by atoms with E-state index < -0.39 is 23.2 Å². The Kier molecular flexibility index (Phi) is 4.44. The molecule has 0 aliphatic carbocycles. The first-order valence-corrected chi connectivity index (χ1v) is 9.88. The van der Waals surface area contributed by atoms with E-state index in [1.807, 2.05) is 0 Å². The number of anilines is 1. The Balaban J connectivity index is 1.82. The molecule has 0 N–H and O–H groups in total. The molecule has 0 unspecified atom stereocenters. The molecule has 1 aliphatic heterocycles. The number of hydrogen-bond donors (Lipinski definition) is 0. The van der Waals surface area contributed by atoms with E-state index in [0.29, 0.717) is 16.2 Å². The van der Waals surface area contributed by atoms with Crippen LogP contribution >= 0.6 is 0 Å². The zero-order valence-electron chi connectivity index (χ0n) is 16.9. The number of carbonyl (C=O) groups excluding carboxylic acids is 3. The van der Waals surface area contributed by atoms with Crippen LogP contribution in [0.5, 0.6) is 0 Å². The largest absolute Gasteiger partial charge is 0.454 e. The number of hydrazine groups is 1. The molecular formula is C25H16N2O5. The first-order chi connectivity index (χ1) is 15.5. The third-order valence-electron chi connectivity index (χ3n) is 5.29. The summed E-state index contributed by atoms with van der Waals surface area (Å²) in [6.45, 7) is 1.19. The minimum absolute atomic E-state index is 0.0843. The topological polar surface area (TPSA) is 87.9 Å². The molecule has 0 saturated carbocycles. The molecule has 5 rings (SSSR count). The van der Waals surface area contributed by atoms with Crippen molar-refractivity contribution in [2.24, 2.45) is 0 Å². The Bertz CT molecular complexity index is 1440. The zero-order valence-corrected chi connectivity index (χ0v) is 16.9. The smallest absolute Gasteiger partial charge is 0.281 e. The third kappa shape index (κ3) is 2.83. The van der Waals surface area contributed by atoms with E-state index in [1.165, 1.54) is 19.1 Å². The highest BCUT2D eigenvalue weighted by molar-refractivity contribution is 6.24. The van der Waals surface area contributed by atoms with Crippen LogP contribution in [0.4, 0.5) is 5.69 Å². The molecule has 0 spiro atoms. The van der Waals surface area contributed by atoms with Crippen molar-refractivity contribution in [2.45, 2.75) is 6.92 Å². The lowest BCUT2D eigenvalue weighted by molar-refractivity contribution is -0.118. The van der Waals surface area contributed by atoms with Crippen LogP contribution in [0.3, 0.4) is 0 Å². The summed E-state index contributed by atoms with van der Waals surface area (Å²) in [5.41, 5.74) is 0.443. The molecule has 156 valence electrons. The highest BCUT2D eigenvalue weighted by atomic mass is 16.3. The number of fused-ring (bicyclic) bond motifs is 2. The minimum atomic E-state index is -0.688. The van der Waals surface area contributed by atoms with Gasteiger partial charge in [0.15, 0.2) is 11.4 Å². The molecule has 0 atom stereocenters. The van der Waals surface area contributed by atoms with Crippen molar-refractivity contribution in [1.82, 2.24) is 5.01 Å². The maximum Gasteiger partial charge on any atom is 0.281 e. The molecule has 1 aliphatic rings. The van der Waals surface area contributed by atoms with Crippen molar-refractivity contribution in [3.05, 3.63) is 100 Å². The fourth-order valence-corrected chi connectivity index (χ4v) is 3.87. The van der Waals surface area contributed by atoms with E-state index in [9.17, 15) is 19.2 Å². The molecule has 4 aromatic rings. The highest BCUT2D eigenvalue weighted by Crippen LogP contribution is 2.35. The Morgan fingerprint density at radius 3 is 1.97 bits per heavy atom. The lowest BCUT2D eigenvalue weighted by atomic mass is 10.1. The van der Waals surface area contributed by atoms with Crippen molar-refractivity contribution in [1.29, 1.82) is 0 Å². The fourth-order valence-electron chi connectivity index (χ4n) is 3.87. The second-order valence-corrected chi connectivity index (χ2v) is 7.27. The van der Waals surface area contributed by atoms with Crippen molar-refractivity contribution in [3.8, 4) is 11.3 Å². The molecule has 1 aromatic heterocycles. The molecule has 3 aromatic carbocycles. The van der Waals surface area contributed by atoms with Crippen LogP contribution in [0.2, 0.25) is 0 Å². The van der Waals surface area contributed by atoms with Gasteiger partial charge < -0.3 is 4.42 Å². The normalized spacial score (nSPS) is 12.8. The number of benzene rings is 3. The Hall–Kier alpha value is -4.52. The van der Waals surface area contributed by atoms with Crippen LogP contribution in [-0.4, -0.2) is 22.7 Å². The van der Waals surface area contributed by atoms with E-state index in [1.54, 1.807) is 66.7 Å². The summed E-state index contributed by atoms with van der Waals surface area (Å²) in [6.07, 6.45) is 0. The first-order valence-electron chi connectivity index (χ1n) is 9.88. The molecule has 7 nitrogen and oxygen atoms in total. The lowest BCUT2D eigenvalue weighted by Gasteiger charge is -2.29. The summed E-state index contributed by atoms with van der Waals surface area (Å²) in [5.74, 6) is -1.97. The number of nitrogens with zero attached hydrogens (tertiary/aromatic N) is 2. The Morgan fingerprint density at radius 1 is 0.781 bits per heavy atom. The number of para-hydroxylation sites is 1. The van der Waals surface area contributed by atoms with Crippen LogP contribution in [0, 0.1) is 0 Å². The van der Waals surface area contributed by atoms with Crippen LogP contribution in [-0.2, 0) is 4.79 Å². The molecule has 0 radical (unpaired) electrons. The zero-order chi connectivity index (χ0) is 22.4. The highest BCUT2D eigenvalue weighted by Gasteiger charge is 2.43. The van der Waals surface area contributed by atoms with Gasteiger partial charge in [0.05, 0.1) is 16.5 Å². The molecule has 0 saturated heterocycles. The second kappa shape index (κ2) is 7.31. The number of amides is 3. The molecule has 3 amide bonds. The Morgan fingerprint density at radius 2 is 1.34 bits per heavy atom. The number of hydrogen-bond acceptors (Lipinski definition) is 5. The van der Waals surface area contributed by atoms with Crippen LogP contribution < -0.4 is 10.4 Å². The van der Waals surface area contributed by atoms with Crippen LogP contribution in [0.15, 0.2) is 88.1 Å². The maximum absolute atomic E-state index is 13.6. The summed E-state index contributed by atoms with van der Waals surface area (Å²) in [6, 6.07) is 21.7. The van der Waals surface area contributed by atoms with Gasteiger partial charge in [-0.05, 0) is 24.3 Å². The predicted octanol–water partition coefficient (Wildman–Crippen LogP) is 4.02. The van der Waals surface area contributed by atoms with Gasteiger partial charge in [0.25, 0.3) is 11.8 Å². The molecule has 7 heteroatoms. The van der Waals surface area contributed by atoms with Crippen molar-refractivity contribution >= 4 is 34.4 Å². The average molecular weight is 424 g/mol. The summed E-state index contributed by atoms with van der Waals surface area (Å²) < 4.78 is 6.05. The van der Waals surface area contributed by atoms with Crippen LogP contribution in [0.1, 0.15) is 27.6 Å². The van der Waals surface area contributed by atoms with E-state index in [-0.39, 0.29) is 28.0 Å². The van der Waals surface area contributed by atoms with Gasteiger partial charge >= 0.3 is 0 Å². The molecule has 2 heterocycles. The quantitative estimate of drug-likeness (QED) is 0.464. The van der Waals surface area contributed by atoms with Gasteiger partial charge in [-0.2, -0.15) is 5.01 Å². The van der Waals surface area contributed by atoms with Gasteiger partial charge in [-0.25, -0.2) is 5.01 Å². The average Bonchev–Trinajstić information content (AvgIpc) is 3.06. The third-order valence-corrected chi connectivity index (χ3v) is 5.29. The fraction of sp³-hybridized carbons (Fsp3) is 0.0400. The number of rotatable bonds is 3. The van der Waals surface area contributed by atoms with Gasteiger partial charge in [-0.15, -0.1) is 0 Å². The number of carbonyl (C=O) groups is 3. The monoisotopic (exact) mass is 424 g/mol. The minimum Gasteiger partial charge on any atom is -0.454 e. The van der Waals surface area contributed by atoms with Crippen molar-refractivity contribution < 1.29 is 18.8 Å². The van der Waals surface area contributed by atoms with E-state index in [4.69, 9.17) is 4.42 Å². The standard InChI is InChI=1S/C25H16N2O5/c1-15(28)26(27-24(30)17-11-5-6-12-18(17)25(27)31)21-22(29)19-13-7-8-14-20(19)32-23(21)16-9-3-2-4-10-16/h2-14H,1H3. The summed E-state index contributed by atoms with van der Waals surface area (Å²) in [4.78, 5) is 52.7. The first kappa shape index (κ1) is 19.4. The second-order valence-electron chi connectivity index (χ2n) is 7.27. The van der Waals surface area contributed by atoms with E-state index in [0.717, 1.165) is 5.01 Å². The van der Waals surface area contributed by atoms with Crippen molar-refractivity contribution in [2.75, 3.05) is 5.01 Å². The number of imide groups is 1. The molecule has 0 fully saturated rings. The molecule has 0 bridgehead atoms. The van der Waals surface area contributed by atoms with Gasteiger partial charge in [-0.1, -0.05) is 54.6 Å². The SMILES string of the molecule is CC(=O)N(c1c(-c2ccccc2)oc2ccccc2c1=O)N1C(=O)c2ccccc2C1=O. The van der Waals surface area contributed by atoms with Gasteiger partial charge in [0.1, 0.15) is 5.58 Å². The summed E-state index contributed by atoms with van der Waals surface area (Å²) in [7, 11) is 0. The predicted molar refractivity (Wildman–Crippen MR) is 118 cm³/mol.